The fourth-order valence-corrected chi connectivity index (χ4v) is 3.76. The number of benzene rings is 1. The average Bonchev–Trinajstić information content (AvgIpc) is 3.04. The Labute approximate surface area is 152 Å². The third-order valence-electron chi connectivity index (χ3n) is 5.13. The molecule has 0 aromatic heterocycles. The van der Waals surface area contributed by atoms with E-state index < -0.39 is 0 Å². The lowest BCUT2D eigenvalue weighted by molar-refractivity contribution is -0.126. The molecule has 2 heterocycles. The highest BCUT2D eigenvalue weighted by Gasteiger charge is 2.54. The molecule has 1 atom stereocenters. The molecule has 1 aromatic rings. The quantitative estimate of drug-likeness (QED) is 0.818. The SMILES string of the molecule is COCC(=O)NCC[C@H]1CCOC12CN(C(=O)c1cccc(C#N)c1)C2. The summed E-state index contributed by atoms with van der Waals surface area (Å²) in [5.74, 6) is 0.124. The summed E-state index contributed by atoms with van der Waals surface area (Å²) in [5.41, 5.74) is 0.710. The first-order valence-electron chi connectivity index (χ1n) is 8.77. The average molecular weight is 357 g/mol. The maximum atomic E-state index is 12.6. The second-order valence-corrected chi connectivity index (χ2v) is 6.82. The van der Waals surface area contributed by atoms with Crippen LogP contribution in [-0.4, -0.2) is 62.3 Å². The molecule has 2 aliphatic heterocycles. The van der Waals surface area contributed by atoms with E-state index in [1.807, 2.05) is 0 Å². The molecule has 0 saturated carbocycles. The van der Waals surface area contributed by atoms with Crippen LogP contribution in [0.5, 0.6) is 0 Å². The zero-order valence-electron chi connectivity index (χ0n) is 14.9. The molecule has 0 aliphatic carbocycles. The van der Waals surface area contributed by atoms with Crippen molar-refractivity contribution in [2.24, 2.45) is 5.92 Å². The molecular weight excluding hydrogens is 334 g/mol. The first-order valence-corrected chi connectivity index (χ1v) is 8.77. The van der Waals surface area contributed by atoms with Crippen LogP contribution in [0.4, 0.5) is 0 Å². The number of methoxy groups -OCH3 is 1. The fraction of sp³-hybridized carbons (Fsp3) is 0.526. The summed E-state index contributed by atoms with van der Waals surface area (Å²) in [5, 5.41) is 11.8. The number of carbonyl (C=O) groups excluding carboxylic acids is 2. The van der Waals surface area contributed by atoms with E-state index in [9.17, 15) is 9.59 Å². The van der Waals surface area contributed by atoms with Gasteiger partial charge in [-0.05, 0) is 37.0 Å². The highest BCUT2D eigenvalue weighted by Crippen LogP contribution is 2.42. The van der Waals surface area contributed by atoms with Crippen LogP contribution >= 0.6 is 0 Å². The minimum Gasteiger partial charge on any atom is -0.375 e. The molecule has 1 spiro atoms. The van der Waals surface area contributed by atoms with Gasteiger partial charge in [0, 0.05) is 25.8 Å². The zero-order valence-corrected chi connectivity index (χ0v) is 14.9. The summed E-state index contributed by atoms with van der Waals surface area (Å²) in [6.45, 7) is 2.44. The lowest BCUT2D eigenvalue weighted by Crippen LogP contribution is -2.66. The van der Waals surface area contributed by atoms with Crippen LogP contribution < -0.4 is 5.32 Å². The van der Waals surface area contributed by atoms with Crippen LogP contribution in [0, 0.1) is 17.2 Å². The van der Waals surface area contributed by atoms with Gasteiger partial charge < -0.3 is 19.7 Å². The van der Waals surface area contributed by atoms with Crippen LogP contribution in [0.1, 0.15) is 28.8 Å². The number of nitrogens with one attached hydrogen (secondary N) is 1. The fourth-order valence-electron chi connectivity index (χ4n) is 3.76. The second kappa shape index (κ2) is 7.85. The van der Waals surface area contributed by atoms with Crippen LogP contribution in [0.3, 0.4) is 0 Å². The first kappa shape index (κ1) is 18.4. The Morgan fingerprint density at radius 2 is 2.27 bits per heavy atom. The summed E-state index contributed by atoms with van der Waals surface area (Å²) in [6.07, 6.45) is 1.76. The highest BCUT2D eigenvalue weighted by molar-refractivity contribution is 5.95. The Hall–Kier alpha value is -2.43. The molecule has 1 N–H and O–H groups in total. The van der Waals surface area contributed by atoms with Crippen LogP contribution in [0.2, 0.25) is 0 Å². The number of rotatable bonds is 6. The number of hydrogen-bond acceptors (Lipinski definition) is 5. The van der Waals surface area contributed by atoms with Gasteiger partial charge in [0.1, 0.15) is 12.2 Å². The molecule has 2 amide bonds. The predicted octanol–water partition coefficient (Wildman–Crippen LogP) is 0.942. The molecule has 7 nitrogen and oxygen atoms in total. The number of carbonyl (C=O) groups is 2. The van der Waals surface area contributed by atoms with Crippen molar-refractivity contribution in [3.63, 3.8) is 0 Å². The molecule has 0 bridgehead atoms. The Bertz CT molecular complexity index is 722. The van der Waals surface area contributed by atoms with Crippen molar-refractivity contribution in [1.29, 1.82) is 5.26 Å². The largest absolute Gasteiger partial charge is 0.375 e. The van der Waals surface area contributed by atoms with E-state index in [0.29, 0.717) is 43.3 Å². The van der Waals surface area contributed by atoms with Crippen molar-refractivity contribution >= 4 is 11.8 Å². The van der Waals surface area contributed by atoms with E-state index in [-0.39, 0.29) is 24.0 Å². The molecule has 2 saturated heterocycles. The molecule has 0 radical (unpaired) electrons. The van der Waals surface area contributed by atoms with Gasteiger partial charge in [-0.3, -0.25) is 9.59 Å². The van der Waals surface area contributed by atoms with E-state index in [4.69, 9.17) is 14.7 Å². The maximum Gasteiger partial charge on any atom is 0.254 e. The van der Waals surface area contributed by atoms with Crippen molar-refractivity contribution in [2.75, 3.05) is 40.0 Å². The van der Waals surface area contributed by atoms with Crippen molar-refractivity contribution in [3.8, 4) is 6.07 Å². The molecular formula is C19H23N3O4. The Balaban J connectivity index is 1.53. The van der Waals surface area contributed by atoms with Gasteiger partial charge in [0.15, 0.2) is 0 Å². The van der Waals surface area contributed by atoms with E-state index in [0.717, 1.165) is 12.8 Å². The summed E-state index contributed by atoms with van der Waals surface area (Å²) >= 11 is 0. The topological polar surface area (TPSA) is 91.7 Å². The maximum absolute atomic E-state index is 12.6. The number of likely N-dealkylation sites (tertiary alicyclic amines) is 1. The standard InChI is InChI=1S/C19H23N3O4/c1-25-11-17(23)21-7-5-16-6-8-26-19(16)12-22(13-19)18(24)15-4-2-3-14(9-15)10-20/h2-4,9,16H,5-8,11-13H2,1H3,(H,21,23)/t16-/m0/s1. The lowest BCUT2D eigenvalue weighted by Gasteiger charge is -2.50. The van der Waals surface area contributed by atoms with Gasteiger partial charge >= 0.3 is 0 Å². The monoisotopic (exact) mass is 357 g/mol. The van der Waals surface area contributed by atoms with Crippen molar-refractivity contribution in [1.82, 2.24) is 10.2 Å². The summed E-state index contributed by atoms with van der Waals surface area (Å²) in [4.78, 5) is 25.8. The van der Waals surface area contributed by atoms with Gasteiger partial charge in [0.25, 0.3) is 5.91 Å². The number of nitrogens with zero attached hydrogens (tertiary/aromatic N) is 2. The number of nitriles is 1. The normalized spacial score (nSPS) is 20.5. The molecule has 3 rings (SSSR count). The molecule has 0 unspecified atom stereocenters. The smallest absolute Gasteiger partial charge is 0.254 e. The van der Waals surface area contributed by atoms with Gasteiger partial charge in [-0.2, -0.15) is 5.26 Å². The van der Waals surface area contributed by atoms with E-state index in [1.165, 1.54) is 7.11 Å². The Morgan fingerprint density at radius 1 is 1.46 bits per heavy atom. The van der Waals surface area contributed by atoms with E-state index in [1.54, 1.807) is 29.2 Å². The van der Waals surface area contributed by atoms with Crippen LogP contribution in [0.25, 0.3) is 0 Å². The third-order valence-corrected chi connectivity index (χ3v) is 5.13. The van der Waals surface area contributed by atoms with Gasteiger partial charge in [-0.25, -0.2) is 0 Å². The molecule has 2 aliphatic rings. The first-order chi connectivity index (χ1) is 12.6. The lowest BCUT2D eigenvalue weighted by atomic mass is 9.78. The highest BCUT2D eigenvalue weighted by atomic mass is 16.5. The summed E-state index contributed by atoms with van der Waals surface area (Å²) in [6, 6.07) is 8.80. The van der Waals surface area contributed by atoms with Gasteiger partial charge in [0.05, 0.1) is 24.7 Å². The molecule has 1 aromatic carbocycles. The Kier molecular flexibility index (Phi) is 5.55. The molecule has 138 valence electrons. The van der Waals surface area contributed by atoms with E-state index in [2.05, 4.69) is 11.4 Å². The minimum absolute atomic E-state index is 0.0658. The summed E-state index contributed by atoms with van der Waals surface area (Å²) < 4.78 is 10.8. The molecule has 2 fully saturated rings. The Morgan fingerprint density at radius 3 is 3.00 bits per heavy atom. The van der Waals surface area contributed by atoms with Crippen LogP contribution in [-0.2, 0) is 14.3 Å². The molecule has 7 heteroatoms. The van der Waals surface area contributed by atoms with Crippen LogP contribution in [0.15, 0.2) is 24.3 Å². The third kappa shape index (κ3) is 3.71. The predicted molar refractivity (Wildman–Crippen MR) is 93.4 cm³/mol. The van der Waals surface area contributed by atoms with E-state index >= 15 is 0 Å². The van der Waals surface area contributed by atoms with Gasteiger partial charge in [-0.15, -0.1) is 0 Å². The zero-order chi connectivity index (χ0) is 18.6. The molecule has 26 heavy (non-hydrogen) atoms. The number of hydrogen-bond donors (Lipinski definition) is 1. The van der Waals surface area contributed by atoms with Gasteiger partial charge in [0.2, 0.25) is 5.91 Å². The number of amides is 2. The second-order valence-electron chi connectivity index (χ2n) is 6.82. The minimum atomic E-state index is -0.297. The van der Waals surface area contributed by atoms with Crippen molar-refractivity contribution < 1.29 is 19.1 Å². The number of ether oxygens (including phenoxy) is 2. The van der Waals surface area contributed by atoms with Gasteiger partial charge in [-0.1, -0.05) is 6.07 Å². The van der Waals surface area contributed by atoms with Crippen molar-refractivity contribution in [3.05, 3.63) is 35.4 Å². The summed E-state index contributed by atoms with van der Waals surface area (Å²) in [7, 11) is 1.49. The van der Waals surface area contributed by atoms with Crippen molar-refractivity contribution in [2.45, 2.75) is 18.4 Å².